The van der Waals surface area contributed by atoms with E-state index in [-0.39, 0.29) is 23.0 Å². The largest absolute Gasteiger partial charge is 0.508 e. The van der Waals surface area contributed by atoms with Gasteiger partial charge in [0.1, 0.15) is 11.5 Å². The normalized spacial score (nSPS) is 9.79. The number of hydrogen-bond acceptors (Lipinski definition) is 4. The van der Waals surface area contributed by atoms with Gasteiger partial charge in [-0.25, -0.2) is 0 Å². The molecule has 0 spiro atoms. The second-order valence-electron chi connectivity index (χ2n) is 2.72. The standard InChI is InChI=1S/C9H11NO3S/c11-7-3-6(4-8(12)5-7)9(13)10-1-2-14/h3-5,11-12,14H,1-2H2,(H,10,13). The molecule has 0 radical (unpaired) electrons. The fraction of sp³-hybridized carbons (Fsp3) is 0.222. The number of aromatic hydroxyl groups is 2. The Morgan fingerprint density at radius 2 is 1.86 bits per heavy atom. The fourth-order valence-electron chi connectivity index (χ4n) is 0.998. The highest BCUT2D eigenvalue weighted by atomic mass is 32.1. The lowest BCUT2D eigenvalue weighted by molar-refractivity contribution is 0.0955. The first-order valence-electron chi connectivity index (χ1n) is 4.05. The predicted octanol–water partition coefficient (Wildman–Crippen LogP) is 0.757. The summed E-state index contributed by atoms with van der Waals surface area (Å²) in [6.07, 6.45) is 0. The lowest BCUT2D eigenvalue weighted by atomic mass is 10.2. The smallest absolute Gasteiger partial charge is 0.251 e. The van der Waals surface area contributed by atoms with Crippen LogP contribution in [0.4, 0.5) is 0 Å². The van der Waals surface area contributed by atoms with Crippen molar-refractivity contribution in [2.75, 3.05) is 12.3 Å². The quantitative estimate of drug-likeness (QED) is 0.560. The number of nitrogens with one attached hydrogen (secondary N) is 1. The number of carbonyl (C=O) groups excluding carboxylic acids is 1. The Balaban J connectivity index is 2.79. The Bertz CT molecular complexity index is 321. The van der Waals surface area contributed by atoms with E-state index in [9.17, 15) is 4.79 Å². The van der Waals surface area contributed by atoms with Crippen LogP contribution < -0.4 is 5.32 Å². The molecule has 0 bridgehead atoms. The highest BCUT2D eigenvalue weighted by Crippen LogP contribution is 2.19. The first kappa shape index (κ1) is 10.7. The average Bonchev–Trinajstić information content (AvgIpc) is 2.12. The van der Waals surface area contributed by atoms with Crippen molar-refractivity contribution >= 4 is 18.5 Å². The summed E-state index contributed by atoms with van der Waals surface area (Å²) in [7, 11) is 0. The highest BCUT2D eigenvalue weighted by molar-refractivity contribution is 7.80. The summed E-state index contributed by atoms with van der Waals surface area (Å²) < 4.78 is 0. The SMILES string of the molecule is O=C(NCCS)c1cc(O)cc(O)c1. The lowest BCUT2D eigenvalue weighted by Crippen LogP contribution is -2.25. The zero-order valence-electron chi connectivity index (χ0n) is 7.40. The molecule has 0 fully saturated rings. The van der Waals surface area contributed by atoms with Gasteiger partial charge in [-0.15, -0.1) is 0 Å². The summed E-state index contributed by atoms with van der Waals surface area (Å²) in [6, 6.07) is 3.73. The van der Waals surface area contributed by atoms with E-state index < -0.39 is 0 Å². The predicted molar refractivity (Wildman–Crippen MR) is 56.0 cm³/mol. The van der Waals surface area contributed by atoms with Crippen molar-refractivity contribution in [2.24, 2.45) is 0 Å². The Morgan fingerprint density at radius 3 is 2.36 bits per heavy atom. The van der Waals surface area contributed by atoms with Gasteiger partial charge in [-0.1, -0.05) is 0 Å². The zero-order valence-corrected chi connectivity index (χ0v) is 8.29. The van der Waals surface area contributed by atoms with Gasteiger partial charge in [-0.05, 0) is 12.1 Å². The number of phenolic OH excluding ortho intramolecular Hbond substituents is 2. The van der Waals surface area contributed by atoms with Crippen molar-refractivity contribution in [1.82, 2.24) is 5.32 Å². The number of phenols is 2. The fourth-order valence-corrected chi connectivity index (χ4v) is 1.11. The van der Waals surface area contributed by atoms with E-state index in [4.69, 9.17) is 10.2 Å². The lowest BCUT2D eigenvalue weighted by Gasteiger charge is -2.04. The summed E-state index contributed by atoms with van der Waals surface area (Å²) in [5.74, 6) is -0.0800. The summed E-state index contributed by atoms with van der Waals surface area (Å²) >= 11 is 3.93. The molecule has 0 aliphatic carbocycles. The minimum absolute atomic E-state index is 0.138. The molecule has 0 saturated carbocycles. The number of carbonyl (C=O) groups is 1. The van der Waals surface area contributed by atoms with Gasteiger partial charge in [0.25, 0.3) is 5.91 Å². The van der Waals surface area contributed by atoms with E-state index in [1.807, 2.05) is 0 Å². The maximum atomic E-state index is 11.3. The van der Waals surface area contributed by atoms with Crippen molar-refractivity contribution in [3.8, 4) is 11.5 Å². The molecular formula is C9H11NO3S. The van der Waals surface area contributed by atoms with Crippen LogP contribution in [0.15, 0.2) is 18.2 Å². The van der Waals surface area contributed by atoms with Gasteiger partial charge in [-0.2, -0.15) is 12.6 Å². The molecule has 0 saturated heterocycles. The number of benzene rings is 1. The van der Waals surface area contributed by atoms with Crippen LogP contribution >= 0.6 is 12.6 Å². The number of amides is 1. The second kappa shape index (κ2) is 4.76. The van der Waals surface area contributed by atoms with E-state index in [0.717, 1.165) is 6.07 Å². The molecule has 0 aliphatic rings. The van der Waals surface area contributed by atoms with E-state index in [1.165, 1.54) is 12.1 Å². The minimum Gasteiger partial charge on any atom is -0.508 e. The Labute approximate surface area is 87.0 Å². The summed E-state index contributed by atoms with van der Waals surface area (Å²) in [5.41, 5.74) is 0.226. The molecule has 0 aromatic heterocycles. The molecule has 1 aromatic carbocycles. The van der Waals surface area contributed by atoms with E-state index >= 15 is 0 Å². The second-order valence-corrected chi connectivity index (χ2v) is 3.16. The van der Waals surface area contributed by atoms with E-state index in [2.05, 4.69) is 17.9 Å². The Morgan fingerprint density at radius 1 is 1.29 bits per heavy atom. The first-order chi connectivity index (χ1) is 6.63. The monoisotopic (exact) mass is 213 g/mol. The molecule has 0 atom stereocenters. The molecule has 0 unspecified atom stereocenters. The Hall–Kier alpha value is -1.36. The third kappa shape index (κ3) is 2.85. The van der Waals surface area contributed by atoms with Crippen molar-refractivity contribution < 1.29 is 15.0 Å². The van der Waals surface area contributed by atoms with Crippen LogP contribution in [0.3, 0.4) is 0 Å². The molecule has 14 heavy (non-hydrogen) atoms. The van der Waals surface area contributed by atoms with Crippen LogP contribution in [0, 0.1) is 0 Å². The van der Waals surface area contributed by atoms with Gasteiger partial charge in [0.05, 0.1) is 0 Å². The first-order valence-corrected chi connectivity index (χ1v) is 4.69. The van der Waals surface area contributed by atoms with Crippen LogP contribution in [0.2, 0.25) is 0 Å². The maximum absolute atomic E-state index is 11.3. The van der Waals surface area contributed by atoms with Gasteiger partial charge >= 0.3 is 0 Å². The molecule has 1 amide bonds. The average molecular weight is 213 g/mol. The summed E-state index contributed by atoms with van der Waals surface area (Å²) in [5, 5.41) is 20.8. The van der Waals surface area contributed by atoms with Gasteiger partial charge in [-0.3, -0.25) is 4.79 Å². The molecule has 4 nitrogen and oxygen atoms in total. The number of rotatable bonds is 3. The van der Waals surface area contributed by atoms with Crippen molar-refractivity contribution in [2.45, 2.75) is 0 Å². The molecule has 1 rings (SSSR count). The number of hydrogen-bond donors (Lipinski definition) is 4. The van der Waals surface area contributed by atoms with Crippen LogP contribution in [0.5, 0.6) is 11.5 Å². The molecular weight excluding hydrogens is 202 g/mol. The van der Waals surface area contributed by atoms with E-state index in [0.29, 0.717) is 12.3 Å². The zero-order chi connectivity index (χ0) is 10.6. The van der Waals surface area contributed by atoms with Crippen LogP contribution in [0.25, 0.3) is 0 Å². The molecule has 1 aromatic rings. The highest BCUT2D eigenvalue weighted by Gasteiger charge is 2.06. The number of thiol groups is 1. The third-order valence-corrected chi connectivity index (χ3v) is 1.79. The van der Waals surface area contributed by atoms with Crippen LogP contribution in [-0.4, -0.2) is 28.4 Å². The summed E-state index contributed by atoms with van der Waals surface area (Å²) in [4.78, 5) is 11.3. The molecule has 3 N–H and O–H groups in total. The van der Waals surface area contributed by atoms with Crippen molar-refractivity contribution in [3.63, 3.8) is 0 Å². The molecule has 0 heterocycles. The van der Waals surface area contributed by atoms with Gasteiger partial charge < -0.3 is 15.5 Å². The summed E-state index contributed by atoms with van der Waals surface area (Å²) in [6.45, 7) is 0.443. The third-order valence-electron chi connectivity index (χ3n) is 1.56. The minimum atomic E-state index is -0.342. The van der Waals surface area contributed by atoms with Crippen molar-refractivity contribution in [3.05, 3.63) is 23.8 Å². The van der Waals surface area contributed by atoms with Crippen molar-refractivity contribution in [1.29, 1.82) is 0 Å². The van der Waals surface area contributed by atoms with Gasteiger partial charge in [0.2, 0.25) is 0 Å². The Kier molecular flexibility index (Phi) is 3.64. The van der Waals surface area contributed by atoms with Crippen LogP contribution in [-0.2, 0) is 0 Å². The van der Waals surface area contributed by atoms with Crippen LogP contribution in [0.1, 0.15) is 10.4 Å². The molecule has 76 valence electrons. The molecule has 5 heteroatoms. The van der Waals surface area contributed by atoms with Gasteiger partial charge in [0.15, 0.2) is 0 Å². The topological polar surface area (TPSA) is 69.6 Å². The molecule has 0 aliphatic heterocycles. The van der Waals surface area contributed by atoms with E-state index in [1.54, 1.807) is 0 Å². The maximum Gasteiger partial charge on any atom is 0.251 e. The van der Waals surface area contributed by atoms with Gasteiger partial charge in [0, 0.05) is 23.9 Å².